The van der Waals surface area contributed by atoms with Gasteiger partial charge in [-0.05, 0) is 55.5 Å². The van der Waals surface area contributed by atoms with Crippen LogP contribution in [0.15, 0.2) is 48.8 Å². The molecule has 2 heterocycles. The molecule has 0 radical (unpaired) electrons. The van der Waals surface area contributed by atoms with Crippen LogP contribution in [-0.2, 0) is 16.0 Å². The number of amides is 2. The molecule has 1 atom stereocenters. The molecule has 136 valence electrons. The normalized spacial score (nSPS) is 20.0. The van der Waals surface area contributed by atoms with Crippen molar-refractivity contribution in [2.75, 3.05) is 13.1 Å². The summed E-state index contributed by atoms with van der Waals surface area (Å²) in [5.74, 6) is 0.188. The van der Waals surface area contributed by atoms with Crippen LogP contribution in [0.25, 0.3) is 5.69 Å². The number of aromatic nitrogens is 1. The number of nitrogens with zero attached hydrogens (tertiary/aromatic N) is 2. The van der Waals surface area contributed by atoms with Crippen molar-refractivity contribution in [3.63, 3.8) is 0 Å². The largest absolute Gasteiger partial charge is 0.353 e. The van der Waals surface area contributed by atoms with Crippen LogP contribution in [-0.4, -0.2) is 40.4 Å². The van der Waals surface area contributed by atoms with Gasteiger partial charge in [-0.2, -0.15) is 0 Å². The Morgan fingerprint density at radius 3 is 2.46 bits per heavy atom. The van der Waals surface area contributed by atoms with Crippen molar-refractivity contribution in [2.24, 2.45) is 5.92 Å². The quantitative estimate of drug-likeness (QED) is 0.900. The van der Waals surface area contributed by atoms with E-state index in [0.717, 1.165) is 43.5 Å². The lowest BCUT2D eigenvalue weighted by Gasteiger charge is -2.32. The average Bonchev–Trinajstić information content (AvgIpc) is 3.31. The van der Waals surface area contributed by atoms with Gasteiger partial charge in [-0.25, -0.2) is 0 Å². The molecule has 1 aliphatic carbocycles. The molecule has 0 bridgehead atoms. The van der Waals surface area contributed by atoms with Gasteiger partial charge in [0.25, 0.3) is 0 Å². The molecule has 2 fully saturated rings. The van der Waals surface area contributed by atoms with Crippen LogP contribution < -0.4 is 5.32 Å². The second-order valence-electron chi connectivity index (χ2n) is 7.40. The fourth-order valence-electron chi connectivity index (χ4n) is 3.54. The predicted molar refractivity (Wildman–Crippen MR) is 99.9 cm³/mol. The highest BCUT2D eigenvalue weighted by Crippen LogP contribution is 2.22. The van der Waals surface area contributed by atoms with E-state index in [9.17, 15) is 9.59 Å². The van der Waals surface area contributed by atoms with Crippen LogP contribution in [0.4, 0.5) is 0 Å². The van der Waals surface area contributed by atoms with Crippen molar-refractivity contribution in [3.05, 3.63) is 54.4 Å². The van der Waals surface area contributed by atoms with Gasteiger partial charge in [0, 0.05) is 37.2 Å². The third-order valence-electron chi connectivity index (χ3n) is 5.26. The molecule has 0 spiro atoms. The molecule has 1 N–H and O–H groups in total. The lowest BCUT2D eigenvalue weighted by atomic mass is 9.96. The van der Waals surface area contributed by atoms with Crippen LogP contribution in [0.3, 0.4) is 0 Å². The van der Waals surface area contributed by atoms with Crippen molar-refractivity contribution in [1.82, 2.24) is 14.8 Å². The number of hydrogen-bond acceptors (Lipinski definition) is 2. The van der Waals surface area contributed by atoms with Crippen LogP contribution in [0, 0.1) is 5.92 Å². The average molecular weight is 351 g/mol. The van der Waals surface area contributed by atoms with Gasteiger partial charge in [-0.15, -0.1) is 0 Å². The number of rotatable bonds is 5. The van der Waals surface area contributed by atoms with Gasteiger partial charge in [-0.3, -0.25) is 9.59 Å². The van der Waals surface area contributed by atoms with Crippen LogP contribution in [0.5, 0.6) is 0 Å². The van der Waals surface area contributed by atoms with E-state index in [-0.39, 0.29) is 17.7 Å². The van der Waals surface area contributed by atoms with Gasteiger partial charge >= 0.3 is 0 Å². The summed E-state index contributed by atoms with van der Waals surface area (Å²) in [6.45, 7) is 1.31. The van der Waals surface area contributed by atoms with E-state index >= 15 is 0 Å². The van der Waals surface area contributed by atoms with E-state index in [1.165, 1.54) is 0 Å². The number of nitrogens with one attached hydrogen (secondary N) is 1. The first-order chi connectivity index (χ1) is 12.7. The molecular formula is C21H25N3O2. The number of carbonyl (C=O) groups excluding carboxylic acids is 2. The number of likely N-dealkylation sites (tertiary alicyclic amines) is 1. The SMILES string of the molecule is O=C(NC1CC1)C1CCCN(C(=O)Cc2ccc(-n3cccc3)cc2)C1. The summed E-state index contributed by atoms with van der Waals surface area (Å²) in [5.41, 5.74) is 2.09. The number of benzene rings is 1. The molecule has 1 unspecified atom stereocenters. The number of piperidine rings is 1. The first-order valence-corrected chi connectivity index (χ1v) is 9.49. The predicted octanol–water partition coefficient (Wildman–Crippen LogP) is 2.54. The van der Waals surface area contributed by atoms with Crippen LogP contribution in [0.1, 0.15) is 31.2 Å². The topological polar surface area (TPSA) is 54.3 Å². The van der Waals surface area contributed by atoms with Gasteiger partial charge < -0.3 is 14.8 Å². The summed E-state index contributed by atoms with van der Waals surface area (Å²) in [5, 5.41) is 3.07. The maximum Gasteiger partial charge on any atom is 0.227 e. The zero-order valence-electron chi connectivity index (χ0n) is 14.9. The Morgan fingerprint density at radius 2 is 1.77 bits per heavy atom. The van der Waals surface area contributed by atoms with E-state index < -0.39 is 0 Å². The highest BCUT2D eigenvalue weighted by molar-refractivity contribution is 5.82. The maximum atomic E-state index is 12.7. The summed E-state index contributed by atoms with van der Waals surface area (Å²) in [6.07, 6.45) is 8.37. The third kappa shape index (κ3) is 3.98. The highest BCUT2D eigenvalue weighted by Gasteiger charge is 2.31. The van der Waals surface area contributed by atoms with Crippen molar-refractivity contribution in [3.8, 4) is 5.69 Å². The fourth-order valence-corrected chi connectivity index (χ4v) is 3.54. The number of hydrogen-bond donors (Lipinski definition) is 1. The Kier molecular flexibility index (Phi) is 4.78. The molecule has 26 heavy (non-hydrogen) atoms. The summed E-state index contributed by atoms with van der Waals surface area (Å²) >= 11 is 0. The molecule has 2 aliphatic rings. The monoisotopic (exact) mass is 351 g/mol. The summed E-state index contributed by atoms with van der Waals surface area (Å²) in [7, 11) is 0. The molecule has 1 aromatic carbocycles. The van der Waals surface area contributed by atoms with Crippen molar-refractivity contribution in [2.45, 2.75) is 38.1 Å². The van der Waals surface area contributed by atoms with Gasteiger partial charge in [0.15, 0.2) is 0 Å². The van der Waals surface area contributed by atoms with Crippen molar-refractivity contribution >= 4 is 11.8 Å². The number of carbonyl (C=O) groups is 2. The van der Waals surface area contributed by atoms with E-state index in [4.69, 9.17) is 0 Å². The standard InChI is InChI=1S/C21H25N3O2/c25-20(14-16-5-9-19(10-6-16)23-11-1-2-12-23)24-13-3-4-17(15-24)21(26)22-18-7-8-18/h1-2,5-6,9-12,17-18H,3-4,7-8,13-15H2,(H,22,26). The van der Waals surface area contributed by atoms with Gasteiger partial charge in [0.2, 0.25) is 11.8 Å². The van der Waals surface area contributed by atoms with Crippen molar-refractivity contribution in [1.29, 1.82) is 0 Å². The lowest BCUT2D eigenvalue weighted by molar-refractivity contribution is -0.135. The minimum Gasteiger partial charge on any atom is -0.353 e. The molecule has 1 saturated carbocycles. The molecule has 1 saturated heterocycles. The smallest absolute Gasteiger partial charge is 0.227 e. The maximum absolute atomic E-state index is 12.7. The Morgan fingerprint density at radius 1 is 1.04 bits per heavy atom. The molecular weight excluding hydrogens is 326 g/mol. The zero-order valence-corrected chi connectivity index (χ0v) is 14.9. The second-order valence-corrected chi connectivity index (χ2v) is 7.40. The van der Waals surface area contributed by atoms with Crippen LogP contribution in [0.2, 0.25) is 0 Å². The van der Waals surface area contributed by atoms with Gasteiger partial charge in [-0.1, -0.05) is 12.1 Å². The summed E-state index contributed by atoms with van der Waals surface area (Å²) in [6, 6.07) is 12.4. The van der Waals surface area contributed by atoms with E-state index in [1.807, 2.05) is 58.3 Å². The van der Waals surface area contributed by atoms with E-state index in [2.05, 4.69) is 5.32 Å². The summed E-state index contributed by atoms with van der Waals surface area (Å²) < 4.78 is 2.04. The van der Waals surface area contributed by atoms with Crippen LogP contribution >= 0.6 is 0 Å². The van der Waals surface area contributed by atoms with Crippen molar-refractivity contribution < 1.29 is 9.59 Å². The molecule has 4 rings (SSSR count). The van der Waals surface area contributed by atoms with E-state index in [0.29, 0.717) is 19.0 Å². The fraction of sp³-hybridized carbons (Fsp3) is 0.429. The Labute approximate surface area is 154 Å². The molecule has 5 heteroatoms. The Balaban J connectivity index is 1.34. The summed E-state index contributed by atoms with van der Waals surface area (Å²) in [4.78, 5) is 26.8. The third-order valence-corrected chi connectivity index (χ3v) is 5.26. The second kappa shape index (κ2) is 7.36. The first kappa shape index (κ1) is 16.9. The van der Waals surface area contributed by atoms with E-state index in [1.54, 1.807) is 0 Å². The first-order valence-electron chi connectivity index (χ1n) is 9.49. The van der Waals surface area contributed by atoms with Gasteiger partial charge in [0.05, 0.1) is 12.3 Å². The molecule has 1 aliphatic heterocycles. The Bertz CT molecular complexity index is 763. The lowest BCUT2D eigenvalue weighted by Crippen LogP contribution is -2.46. The molecule has 2 amide bonds. The molecule has 2 aromatic rings. The minimum absolute atomic E-state index is 0.0515. The minimum atomic E-state index is -0.0515. The molecule has 5 nitrogen and oxygen atoms in total. The van der Waals surface area contributed by atoms with Gasteiger partial charge in [0.1, 0.15) is 0 Å². The Hall–Kier alpha value is -2.56. The zero-order chi connectivity index (χ0) is 17.9. The molecule has 1 aromatic heterocycles. The highest BCUT2D eigenvalue weighted by atomic mass is 16.2.